The molecule has 160 valence electrons. The first kappa shape index (κ1) is 22.6. The van der Waals surface area contributed by atoms with Crippen LogP contribution in [0.5, 0.6) is 5.75 Å². The molecular weight excluding hydrogens is 429 g/mol. The normalized spacial score (nSPS) is 19.5. The summed E-state index contributed by atoms with van der Waals surface area (Å²) >= 11 is 7.34. The average Bonchev–Trinajstić information content (AvgIpc) is 2.68. The molecule has 1 aliphatic rings. The van der Waals surface area contributed by atoms with Gasteiger partial charge in [0.2, 0.25) is 0 Å². The summed E-state index contributed by atoms with van der Waals surface area (Å²) in [4.78, 5) is 24.9. The molecule has 8 heteroatoms. The Hall–Kier alpha value is -2.09. The number of benzene rings is 2. The van der Waals surface area contributed by atoms with E-state index in [1.54, 1.807) is 18.2 Å². The van der Waals surface area contributed by atoms with Crippen LogP contribution in [-0.2, 0) is 4.74 Å². The molecule has 1 amide bonds. The summed E-state index contributed by atoms with van der Waals surface area (Å²) in [6.07, 6.45) is 1.38. The monoisotopic (exact) mass is 451 g/mol. The molecule has 30 heavy (non-hydrogen) atoms. The van der Waals surface area contributed by atoms with Gasteiger partial charge in [-0.15, -0.1) is 11.8 Å². The number of carbonyl (C=O) groups excluding carboxylic acids is 2. The van der Waals surface area contributed by atoms with Gasteiger partial charge < -0.3 is 14.8 Å². The van der Waals surface area contributed by atoms with Gasteiger partial charge in [0.15, 0.2) is 5.78 Å². The van der Waals surface area contributed by atoms with Crippen LogP contribution >= 0.6 is 23.4 Å². The molecule has 2 unspecified atom stereocenters. The highest BCUT2D eigenvalue weighted by Gasteiger charge is 2.45. The molecule has 2 aromatic carbocycles. The molecule has 0 saturated heterocycles. The second-order valence-electron chi connectivity index (χ2n) is 7.59. The van der Waals surface area contributed by atoms with Gasteiger partial charge in [0.1, 0.15) is 23.3 Å². The first-order valence-electron chi connectivity index (χ1n) is 9.34. The highest BCUT2D eigenvalue weighted by Crippen LogP contribution is 2.42. The van der Waals surface area contributed by atoms with E-state index in [0.717, 1.165) is 6.07 Å². The predicted octanol–water partition coefficient (Wildman–Crippen LogP) is 5.03. The van der Waals surface area contributed by atoms with Gasteiger partial charge in [0.05, 0.1) is 17.0 Å². The van der Waals surface area contributed by atoms with Crippen molar-refractivity contribution in [2.45, 2.75) is 38.5 Å². The minimum atomic E-state index is -0.751. The van der Waals surface area contributed by atoms with E-state index < -0.39 is 29.5 Å². The summed E-state index contributed by atoms with van der Waals surface area (Å²) in [6.45, 7) is 5.24. The lowest BCUT2D eigenvalue weighted by Gasteiger charge is -2.44. The van der Waals surface area contributed by atoms with Gasteiger partial charge in [-0.3, -0.25) is 9.59 Å². The van der Waals surface area contributed by atoms with Gasteiger partial charge in [0.25, 0.3) is 5.91 Å². The predicted molar refractivity (Wildman–Crippen MR) is 116 cm³/mol. The molecule has 0 bridgehead atoms. The van der Waals surface area contributed by atoms with Crippen molar-refractivity contribution in [2.24, 2.45) is 0 Å². The highest BCUT2D eigenvalue weighted by molar-refractivity contribution is 7.98. The zero-order valence-electron chi connectivity index (χ0n) is 17.1. The molecule has 1 heterocycles. The van der Waals surface area contributed by atoms with Crippen LogP contribution in [-0.4, -0.2) is 35.6 Å². The lowest BCUT2D eigenvalue weighted by molar-refractivity contribution is -0.0891. The summed E-state index contributed by atoms with van der Waals surface area (Å²) < 4.78 is 25.7. The molecule has 2 atom stereocenters. The van der Waals surface area contributed by atoms with Crippen LogP contribution in [0.4, 0.5) is 4.39 Å². The van der Waals surface area contributed by atoms with Crippen molar-refractivity contribution in [1.82, 2.24) is 5.32 Å². The standard InChI is InChI=1S/C22H23ClFNO4S/c1-12(26)13-6-8-18-15(9-13)19(20(28-11-30-4)22(2,3)29-18)25-21(27)14-5-7-17(24)16(23)10-14/h5-10,19-20H,11H2,1-4H3,(H,25,27). The second kappa shape index (κ2) is 8.96. The number of rotatable bonds is 6. The Morgan fingerprint density at radius 1 is 1.23 bits per heavy atom. The fraction of sp³-hybridized carbons (Fsp3) is 0.364. The number of thioether (sulfide) groups is 1. The SMILES string of the molecule is CSCOC1C(NC(=O)c2ccc(F)c(Cl)c2)c2cc(C(C)=O)ccc2OC1(C)C. The zero-order chi connectivity index (χ0) is 22.1. The largest absolute Gasteiger partial charge is 0.485 e. The minimum absolute atomic E-state index is 0.0976. The molecule has 0 saturated carbocycles. The van der Waals surface area contributed by atoms with Crippen molar-refractivity contribution >= 4 is 35.1 Å². The first-order chi connectivity index (χ1) is 14.1. The maximum atomic E-state index is 13.5. The number of Topliss-reactive ketones (excluding diaryl/α,β-unsaturated/α-hetero) is 1. The molecule has 1 N–H and O–H groups in total. The third-order valence-electron chi connectivity index (χ3n) is 4.95. The summed E-state index contributed by atoms with van der Waals surface area (Å²) in [5.74, 6) is -0.167. The maximum absolute atomic E-state index is 13.5. The van der Waals surface area contributed by atoms with Crippen LogP contribution in [0.15, 0.2) is 36.4 Å². The fourth-order valence-electron chi connectivity index (χ4n) is 3.46. The van der Waals surface area contributed by atoms with E-state index >= 15 is 0 Å². The number of ether oxygens (including phenoxy) is 2. The Labute approximate surface area is 184 Å². The molecular formula is C22H23ClFNO4S. The van der Waals surface area contributed by atoms with E-state index in [4.69, 9.17) is 21.1 Å². The van der Waals surface area contributed by atoms with E-state index in [1.165, 1.54) is 30.8 Å². The molecule has 0 radical (unpaired) electrons. The summed E-state index contributed by atoms with van der Waals surface area (Å²) in [5, 5.41) is 2.84. The lowest BCUT2D eigenvalue weighted by atomic mass is 9.85. The Bertz CT molecular complexity index is 982. The van der Waals surface area contributed by atoms with E-state index in [-0.39, 0.29) is 16.4 Å². The van der Waals surface area contributed by atoms with Gasteiger partial charge in [-0.1, -0.05) is 11.6 Å². The summed E-state index contributed by atoms with van der Waals surface area (Å²) in [5.41, 5.74) is 0.622. The minimum Gasteiger partial charge on any atom is -0.485 e. The van der Waals surface area contributed by atoms with Crippen LogP contribution in [0.3, 0.4) is 0 Å². The number of fused-ring (bicyclic) bond motifs is 1. The quantitative estimate of drug-likeness (QED) is 0.493. The molecule has 0 fully saturated rings. The third kappa shape index (κ3) is 4.63. The Morgan fingerprint density at radius 2 is 1.93 bits per heavy atom. The Balaban J connectivity index is 2.03. The van der Waals surface area contributed by atoms with Crippen molar-refractivity contribution < 1.29 is 23.5 Å². The van der Waals surface area contributed by atoms with Crippen molar-refractivity contribution in [1.29, 1.82) is 0 Å². The van der Waals surface area contributed by atoms with Crippen molar-refractivity contribution in [3.63, 3.8) is 0 Å². The molecule has 0 aliphatic carbocycles. The van der Waals surface area contributed by atoms with Crippen LogP contribution in [0, 0.1) is 5.82 Å². The smallest absolute Gasteiger partial charge is 0.251 e. The fourth-order valence-corrected chi connectivity index (χ4v) is 3.93. The van der Waals surface area contributed by atoms with E-state index in [9.17, 15) is 14.0 Å². The maximum Gasteiger partial charge on any atom is 0.251 e. The van der Waals surface area contributed by atoms with E-state index in [1.807, 2.05) is 20.1 Å². The van der Waals surface area contributed by atoms with Crippen LogP contribution in [0.25, 0.3) is 0 Å². The zero-order valence-corrected chi connectivity index (χ0v) is 18.7. The van der Waals surface area contributed by atoms with Crippen molar-refractivity contribution in [3.05, 3.63) is 63.9 Å². The molecule has 0 spiro atoms. The van der Waals surface area contributed by atoms with Gasteiger partial charge in [-0.2, -0.15) is 0 Å². The second-order valence-corrected chi connectivity index (χ2v) is 8.81. The number of amides is 1. The van der Waals surface area contributed by atoms with Crippen LogP contribution < -0.4 is 10.1 Å². The third-order valence-corrected chi connectivity index (χ3v) is 5.61. The molecule has 3 rings (SSSR count). The van der Waals surface area contributed by atoms with Gasteiger partial charge >= 0.3 is 0 Å². The first-order valence-corrected chi connectivity index (χ1v) is 11.1. The lowest BCUT2D eigenvalue weighted by Crippen LogP contribution is -2.54. The Kier molecular flexibility index (Phi) is 6.75. The summed E-state index contributed by atoms with van der Waals surface area (Å²) in [7, 11) is 0. The molecule has 1 aliphatic heterocycles. The van der Waals surface area contributed by atoms with Crippen molar-refractivity contribution in [3.8, 4) is 5.75 Å². The Morgan fingerprint density at radius 3 is 2.57 bits per heavy atom. The van der Waals surface area contributed by atoms with Crippen molar-refractivity contribution in [2.75, 3.05) is 12.2 Å². The van der Waals surface area contributed by atoms with Crippen LogP contribution in [0.2, 0.25) is 5.02 Å². The van der Waals surface area contributed by atoms with Crippen LogP contribution in [0.1, 0.15) is 53.1 Å². The summed E-state index contributed by atoms with van der Waals surface area (Å²) in [6, 6.07) is 8.34. The average molecular weight is 452 g/mol. The number of ketones is 1. The topological polar surface area (TPSA) is 64.6 Å². The van der Waals surface area contributed by atoms with Gasteiger partial charge in [0, 0.05) is 16.7 Å². The number of halogens is 2. The number of nitrogens with one attached hydrogen (secondary N) is 1. The number of hydrogen-bond acceptors (Lipinski definition) is 5. The number of hydrogen-bond donors (Lipinski definition) is 1. The molecule has 2 aromatic rings. The van der Waals surface area contributed by atoms with E-state index in [0.29, 0.717) is 22.8 Å². The highest BCUT2D eigenvalue weighted by atomic mass is 35.5. The van der Waals surface area contributed by atoms with Gasteiger partial charge in [-0.25, -0.2) is 4.39 Å². The van der Waals surface area contributed by atoms with E-state index in [2.05, 4.69) is 5.32 Å². The molecule has 0 aromatic heterocycles. The van der Waals surface area contributed by atoms with Gasteiger partial charge in [-0.05, 0) is 63.4 Å². The molecule has 5 nitrogen and oxygen atoms in total. The number of carbonyl (C=O) groups is 2.